The highest BCUT2D eigenvalue weighted by Crippen LogP contribution is 2.36. The number of hydrogen-bond acceptors (Lipinski definition) is 5. The Bertz CT molecular complexity index is 1570. The first-order chi connectivity index (χ1) is 18.6. The first kappa shape index (κ1) is 28.8. The Balaban J connectivity index is 1.89. The minimum atomic E-state index is -0.256. The second kappa shape index (κ2) is 12.3. The van der Waals surface area contributed by atoms with Gasteiger partial charge in [0.1, 0.15) is 5.75 Å². The van der Waals surface area contributed by atoms with Gasteiger partial charge in [0.2, 0.25) is 0 Å². The summed E-state index contributed by atoms with van der Waals surface area (Å²) < 4.78 is 14.0. The average molecular weight is 611 g/mol. The lowest BCUT2D eigenvalue weighted by molar-refractivity contribution is 0.216. The third kappa shape index (κ3) is 6.20. The summed E-state index contributed by atoms with van der Waals surface area (Å²) >= 11 is 10.1. The molecule has 0 radical (unpaired) electrons. The van der Waals surface area contributed by atoms with E-state index in [9.17, 15) is 4.79 Å². The monoisotopic (exact) mass is 609 g/mol. The first-order valence-corrected chi connectivity index (χ1v) is 14.3. The highest BCUT2D eigenvalue weighted by atomic mass is 79.9. The van der Waals surface area contributed by atoms with E-state index in [1.165, 1.54) is 4.68 Å². The number of benzene rings is 3. The highest BCUT2D eigenvalue weighted by molar-refractivity contribution is 9.10. The summed E-state index contributed by atoms with van der Waals surface area (Å²) in [4.78, 5) is 18.6. The molecule has 204 valence electrons. The fraction of sp³-hybridized carbons (Fsp3) is 0.323. The summed E-state index contributed by atoms with van der Waals surface area (Å²) in [7, 11) is 0. The summed E-state index contributed by atoms with van der Waals surface area (Å²) in [6.45, 7) is 12.8. The van der Waals surface area contributed by atoms with Crippen LogP contribution in [-0.4, -0.2) is 28.6 Å². The Kier molecular flexibility index (Phi) is 9.13. The van der Waals surface area contributed by atoms with Crippen molar-refractivity contribution >= 4 is 44.6 Å². The van der Waals surface area contributed by atoms with Crippen molar-refractivity contribution in [1.29, 1.82) is 0 Å². The van der Waals surface area contributed by atoms with Crippen LogP contribution in [0.3, 0.4) is 0 Å². The first-order valence-electron chi connectivity index (χ1n) is 13.1. The smallest absolute Gasteiger partial charge is 0.282 e. The van der Waals surface area contributed by atoms with Crippen molar-refractivity contribution in [3.8, 4) is 22.9 Å². The summed E-state index contributed by atoms with van der Waals surface area (Å²) in [6, 6.07) is 15.0. The lowest BCUT2D eigenvalue weighted by Crippen LogP contribution is -2.21. The molecule has 0 saturated carbocycles. The molecule has 0 N–H and O–H groups in total. The number of para-hydroxylation sites is 1. The third-order valence-electron chi connectivity index (χ3n) is 6.51. The molecule has 0 unspecified atom stereocenters. The molecule has 1 atom stereocenters. The molecule has 3 aromatic carbocycles. The lowest BCUT2D eigenvalue weighted by Gasteiger charge is -2.18. The van der Waals surface area contributed by atoms with E-state index < -0.39 is 0 Å². The second-order valence-corrected chi connectivity index (χ2v) is 11.0. The Morgan fingerprint density at radius 2 is 1.87 bits per heavy atom. The van der Waals surface area contributed by atoms with Crippen LogP contribution in [0.4, 0.5) is 0 Å². The minimum Gasteiger partial charge on any atom is -0.494 e. The molecule has 1 heterocycles. The predicted molar refractivity (Wildman–Crippen MR) is 164 cm³/mol. The number of halogens is 2. The maximum atomic E-state index is 13.7. The van der Waals surface area contributed by atoms with Gasteiger partial charge in [-0.25, -0.2) is 4.98 Å². The van der Waals surface area contributed by atoms with Crippen LogP contribution in [0.15, 0.2) is 62.9 Å². The van der Waals surface area contributed by atoms with E-state index in [2.05, 4.69) is 47.9 Å². The molecule has 0 aliphatic rings. The Labute approximate surface area is 242 Å². The van der Waals surface area contributed by atoms with Crippen molar-refractivity contribution in [2.45, 2.75) is 60.0 Å². The Hall–Kier alpha value is -3.16. The van der Waals surface area contributed by atoms with Crippen molar-refractivity contribution < 1.29 is 9.47 Å². The number of hydrogen-bond donors (Lipinski definition) is 0. The number of ether oxygens (including phenoxy) is 2. The van der Waals surface area contributed by atoms with Crippen molar-refractivity contribution in [2.24, 2.45) is 5.10 Å². The zero-order valence-corrected chi connectivity index (χ0v) is 25.4. The highest BCUT2D eigenvalue weighted by Gasteiger charge is 2.19. The Morgan fingerprint density at radius 3 is 2.54 bits per heavy atom. The van der Waals surface area contributed by atoms with Gasteiger partial charge >= 0.3 is 0 Å². The fourth-order valence-electron chi connectivity index (χ4n) is 4.25. The molecule has 0 fully saturated rings. The number of rotatable bonds is 9. The summed E-state index contributed by atoms with van der Waals surface area (Å²) in [6.07, 6.45) is 2.49. The van der Waals surface area contributed by atoms with Crippen molar-refractivity contribution in [2.75, 3.05) is 6.61 Å². The van der Waals surface area contributed by atoms with Gasteiger partial charge in [0.15, 0.2) is 11.6 Å². The summed E-state index contributed by atoms with van der Waals surface area (Å²) in [5, 5.41) is 5.58. The van der Waals surface area contributed by atoms with Gasteiger partial charge in [-0.1, -0.05) is 44.5 Å². The molecule has 1 aromatic heterocycles. The lowest BCUT2D eigenvalue weighted by atomic mass is 9.96. The van der Waals surface area contributed by atoms with Gasteiger partial charge in [0, 0.05) is 5.56 Å². The van der Waals surface area contributed by atoms with Crippen LogP contribution in [-0.2, 0) is 0 Å². The normalized spacial score (nSPS) is 12.4. The number of aryl methyl sites for hydroxylation is 1. The van der Waals surface area contributed by atoms with Crippen molar-refractivity contribution in [3.05, 3.63) is 85.1 Å². The van der Waals surface area contributed by atoms with Crippen molar-refractivity contribution in [1.82, 2.24) is 9.66 Å². The number of nitrogens with zero attached hydrogens (tertiary/aromatic N) is 3. The molecule has 0 bridgehead atoms. The summed E-state index contributed by atoms with van der Waals surface area (Å²) in [5.74, 6) is 2.09. The zero-order chi connectivity index (χ0) is 28.3. The van der Waals surface area contributed by atoms with Gasteiger partial charge in [-0.05, 0) is 102 Å². The molecule has 0 aliphatic heterocycles. The standard InChI is InChI=1S/C31H33BrClN3O3/c1-7-20(6)39-29-25(32)14-21(15-26(29)33)17-34-36-30(35-27-12-10-9-11-22(27)31(36)37)24-16-23(18(3)4)28(38-8-2)13-19(24)5/h9-18,20H,7-8H2,1-6H3/t20-/m1/s1. The maximum Gasteiger partial charge on any atom is 0.282 e. The SMILES string of the molecule is CCOc1cc(C)c(-c2nc3ccccc3c(=O)n2N=Cc2cc(Cl)c(O[C@H](C)CC)c(Br)c2)cc1C(C)C. The molecule has 0 amide bonds. The van der Waals surface area contributed by atoms with Crippen molar-refractivity contribution in [3.63, 3.8) is 0 Å². The van der Waals surface area contributed by atoms with Crippen LogP contribution < -0.4 is 15.0 Å². The molecule has 39 heavy (non-hydrogen) atoms. The van der Waals surface area contributed by atoms with Crippen LogP contribution in [0.5, 0.6) is 11.5 Å². The minimum absolute atomic E-state index is 0.0243. The van der Waals surface area contributed by atoms with Gasteiger partial charge in [0.25, 0.3) is 5.56 Å². The molecular weight excluding hydrogens is 578 g/mol. The molecule has 4 aromatic rings. The quantitative estimate of drug-likeness (QED) is 0.179. The van der Waals surface area contributed by atoms with Gasteiger partial charge in [-0.3, -0.25) is 4.79 Å². The molecule has 8 heteroatoms. The average Bonchev–Trinajstić information content (AvgIpc) is 2.90. The van der Waals surface area contributed by atoms with E-state index in [1.807, 2.05) is 51.1 Å². The molecule has 0 saturated heterocycles. The molecule has 6 nitrogen and oxygen atoms in total. The largest absolute Gasteiger partial charge is 0.494 e. The predicted octanol–water partition coefficient (Wildman–Crippen LogP) is 8.37. The van der Waals surface area contributed by atoms with Gasteiger partial charge in [-0.2, -0.15) is 9.78 Å². The maximum absolute atomic E-state index is 13.7. The van der Waals surface area contributed by atoms with E-state index in [-0.39, 0.29) is 17.6 Å². The van der Waals surface area contributed by atoms with E-state index >= 15 is 0 Å². The second-order valence-electron chi connectivity index (χ2n) is 9.76. The molecular formula is C31H33BrClN3O3. The van der Waals surface area contributed by atoms with E-state index in [4.69, 9.17) is 26.1 Å². The third-order valence-corrected chi connectivity index (χ3v) is 7.38. The van der Waals surface area contributed by atoms with Crippen LogP contribution in [0.1, 0.15) is 63.6 Å². The van der Waals surface area contributed by atoms with Crippen LogP contribution >= 0.6 is 27.5 Å². The number of fused-ring (bicyclic) bond motifs is 1. The topological polar surface area (TPSA) is 65.7 Å². The van der Waals surface area contributed by atoms with Crippen LogP contribution in [0.2, 0.25) is 5.02 Å². The van der Waals surface area contributed by atoms with Gasteiger partial charge < -0.3 is 9.47 Å². The van der Waals surface area contributed by atoms with Crippen LogP contribution in [0, 0.1) is 6.92 Å². The summed E-state index contributed by atoms with van der Waals surface area (Å²) in [5.41, 5.74) is 3.86. The zero-order valence-electron chi connectivity index (χ0n) is 23.1. The Morgan fingerprint density at radius 1 is 1.13 bits per heavy atom. The molecule has 4 rings (SSSR count). The van der Waals surface area contributed by atoms with Gasteiger partial charge in [-0.15, -0.1) is 0 Å². The molecule has 0 spiro atoms. The van der Waals surface area contributed by atoms with E-state index in [0.29, 0.717) is 44.1 Å². The van der Waals surface area contributed by atoms with Gasteiger partial charge in [0.05, 0.1) is 39.3 Å². The molecule has 0 aliphatic carbocycles. The van der Waals surface area contributed by atoms with E-state index in [0.717, 1.165) is 28.9 Å². The fourth-order valence-corrected chi connectivity index (χ4v) is 5.21. The van der Waals surface area contributed by atoms with E-state index in [1.54, 1.807) is 18.3 Å². The van der Waals surface area contributed by atoms with Crippen LogP contribution in [0.25, 0.3) is 22.3 Å². The number of aromatic nitrogens is 2.